The molecule has 0 amide bonds. The van der Waals surface area contributed by atoms with E-state index in [2.05, 4.69) is 42.7 Å². The van der Waals surface area contributed by atoms with Gasteiger partial charge in [0.15, 0.2) is 0 Å². The third kappa shape index (κ3) is 14.9. The van der Waals surface area contributed by atoms with E-state index in [1.807, 2.05) is 20.8 Å². The fourth-order valence-electron chi connectivity index (χ4n) is 3.00. The third-order valence-corrected chi connectivity index (χ3v) is 4.79. The van der Waals surface area contributed by atoms with E-state index in [1.165, 1.54) is 0 Å². The Balaban J connectivity index is 4.02. The fourth-order valence-corrected chi connectivity index (χ4v) is 3.00. The minimum absolute atomic E-state index is 0.246. The first kappa shape index (κ1) is 26.9. The van der Waals surface area contributed by atoms with Crippen LogP contribution < -0.4 is 0 Å². The van der Waals surface area contributed by atoms with E-state index < -0.39 is 11.9 Å². The second kappa shape index (κ2) is 14.8. The molecular formula is C22H42O6. The third-order valence-electron chi connectivity index (χ3n) is 4.79. The molecule has 0 radical (unpaired) electrons. The Bertz CT molecular complexity index is 425. The number of unbranched alkanes of at least 4 members (excludes halogenated alkanes) is 3. The lowest BCUT2D eigenvalue weighted by atomic mass is 9.77. The minimum Gasteiger partial charge on any atom is -0.266 e. The molecule has 0 saturated carbocycles. The predicted octanol–water partition coefficient (Wildman–Crippen LogP) is 6.34. The van der Waals surface area contributed by atoms with Crippen LogP contribution in [0.1, 0.15) is 106 Å². The molecule has 0 spiro atoms. The smallest absolute Gasteiger partial charge is 0.266 e. The Morgan fingerprint density at radius 3 is 1.75 bits per heavy atom. The van der Waals surface area contributed by atoms with Gasteiger partial charge in [0.1, 0.15) is 0 Å². The van der Waals surface area contributed by atoms with Crippen LogP contribution in [-0.2, 0) is 29.4 Å². The molecule has 0 aromatic heterocycles. The Labute approximate surface area is 171 Å². The van der Waals surface area contributed by atoms with Gasteiger partial charge in [-0.05, 0) is 30.1 Å². The van der Waals surface area contributed by atoms with Crippen molar-refractivity contribution >= 4 is 11.9 Å². The normalized spacial score (nSPS) is 13.0. The monoisotopic (exact) mass is 402 g/mol. The molecule has 0 N–H and O–H groups in total. The summed E-state index contributed by atoms with van der Waals surface area (Å²) in [5, 5.41) is 8.64. The van der Waals surface area contributed by atoms with Crippen LogP contribution in [0.2, 0.25) is 0 Å². The highest BCUT2D eigenvalue weighted by Crippen LogP contribution is 2.32. The summed E-state index contributed by atoms with van der Waals surface area (Å²) in [5.41, 5.74) is -0.259. The highest BCUT2D eigenvalue weighted by Gasteiger charge is 2.33. The summed E-state index contributed by atoms with van der Waals surface area (Å²) in [4.78, 5) is 33.0. The van der Waals surface area contributed by atoms with Gasteiger partial charge >= 0.3 is 11.9 Å². The van der Waals surface area contributed by atoms with Gasteiger partial charge < -0.3 is 0 Å². The van der Waals surface area contributed by atoms with E-state index in [1.54, 1.807) is 0 Å². The van der Waals surface area contributed by atoms with Crippen LogP contribution >= 0.6 is 0 Å². The first-order valence-electron chi connectivity index (χ1n) is 10.8. The summed E-state index contributed by atoms with van der Waals surface area (Å²) in [5.74, 6) is -0.0458. The number of rotatable bonds is 15. The molecule has 0 fully saturated rings. The minimum atomic E-state index is -0.540. The lowest BCUT2D eigenvalue weighted by Crippen LogP contribution is -2.30. The van der Waals surface area contributed by atoms with E-state index in [9.17, 15) is 9.59 Å². The fraction of sp³-hybridized carbons (Fsp3) is 0.909. The molecule has 28 heavy (non-hydrogen) atoms. The van der Waals surface area contributed by atoms with Crippen LogP contribution in [0.25, 0.3) is 0 Å². The Kier molecular flexibility index (Phi) is 14.2. The van der Waals surface area contributed by atoms with E-state index in [-0.39, 0.29) is 17.8 Å². The molecule has 6 heteroatoms. The van der Waals surface area contributed by atoms with Crippen molar-refractivity contribution in [2.45, 2.75) is 106 Å². The van der Waals surface area contributed by atoms with Gasteiger partial charge in [-0.3, -0.25) is 9.78 Å². The van der Waals surface area contributed by atoms with Crippen molar-refractivity contribution in [2.75, 3.05) is 0 Å². The number of carbonyl (C=O) groups excluding carboxylic acids is 2. The van der Waals surface area contributed by atoms with Gasteiger partial charge in [0.25, 0.3) is 0 Å². The second-order valence-electron chi connectivity index (χ2n) is 9.58. The van der Waals surface area contributed by atoms with Crippen molar-refractivity contribution in [1.82, 2.24) is 0 Å². The summed E-state index contributed by atoms with van der Waals surface area (Å²) >= 11 is 0. The van der Waals surface area contributed by atoms with E-state index >= 15 is 0 Å². The average molecular weight is 403 g/mol. The summed E-state index contributed by atoms with van der Waals surface area (Å²) in [6, 6.07) is 0. The van der Waals surface area contributed by atoms with Gasteiger partial charge in [-0.15, -0.1) is 0 Å². The van der Waals surface area contributed by atoms with Crippen LogP contribution in [0.5, 0.6) is 0 Å². The van der Waals surface area contributed by atoms with Gasteiger partial charge in [0.2, 0.25) is 0 Å². The van der Waals surface area contributed by atoms with Crippen molar-refractivity contribution in [3.05, 3.63) is 0 Å². The van der Waals surface area contributed by atoms with Gasteiger partial charge in [0, 0.05) is 16.5 Å². The maximum atomic E-state index is 12.3. The quantitative estimate of drug-likeness (QED) is 0.181. The molecule has 0 saturated heterocycles. The van der Waals surface area contributed by atoms with E-state index in [4.69, 9.17) is 4.89 Å². The van der Waals surface area contributed by atoms with Gasteiger partial charge in [0.05, 0.1) is 5.92 Å². The van der Waals surface area contributed by atoms with Crippen molar-refractivity contribution in [3.8, 4) is 0 Å². The van der Waals surface area contributed by atoms with Crippen LogP contribution in [0.3, 0.4) is 0 Å². The zero-order chi connectivity index (χ0) is 21.6. The van der Waals surface area contributed by atoms with Crippen molar-refractivity contribution in [3.63, 3.8) is 0 Å². The van der Waals surface area contributed by atoms with Crippen molar-refractivity contribution in [2.24, 2.45) is 23.2 Å². The SMILES string of the molecule is CC(C)CCCCCC(=O)OOOOC(=O)C(CCCCC(C)C)C(C)(C)C. The van der Waals surface area contributed by atoms with Gasteiger partial charge in [-0.1, -0.05) is 87.0 Å². The van der Waals surface area contributed by atoms with Gasteiger partial charge in [-0.2, -0.15) is 0 Å². The summed E-state index contributed by atoms with van der Waals surface area (Å²) in [7, 11) is 0. The molecular weight excluding hydrogens is 360 g/mol. The van der Waals surface area contributed by atoms with Crippen LogP contribution in [0, 0.1) is 23.2 Å². The molecule has 166 valence electrons. The summed E-state index contributed by atoms with van der Waals surface area (Å²) in [6.45, 7) is 14.7. The zero-order valence-electron chi connectivity index (χ0n) is 19.0. The first-order valence-corrected chi connectivity index (χ1v) is 10.8. The Morgan fingerprint density at radius 2 is 1.21 bits per heavy atom. The first-order chi connectivity index (χ1) is 13.0. The lowest BCUT2D eigenvalue weighted by Gasteiger charge is -2.27. The van der Waals surface area contributed by atoms with Crippen molar-refractivity contribution in [1.29, 1.82) is 0 Å². The molecule has 0 heterocycles. The van der Waals surface area contributed by atoms with E-state index in [0.717, 1.165) is 44.9 Å². The number of hydrogen-bond donors (Lipinski definition) is 0. The molecule has 0 aliphatic heterocycles. The molecule has 0 aliphatic rings. The molecule has 0 bridgehead atoms. The second-order valence-corrected chi connectivity index (χ2v) is 9.58. The maximum Gasteiger partial charge on any atom is 0.349 e. The molecule has 0 aliphatic carbocycles. The molecule has 0 aromatic carbocycles. The Hall–Kier alpha value is -1.14. The highest BCUT2D eigenvalue weighted by atomic mass is 17.7. The van der Waals surface area contributed by atoms with Crippen LogP contribution in [0.15, 0.2) is 0 Å². The summed E-state index contributed by atoms with van der Waals surface area (Å²) < 4.78 is 0. The zero-order valence-corrected chi connectivity index (χ0v) is 19.0. The Morgan fingerprint density at radius 1 is 0.714 bits per heavy atom. The topological polar surface area (TPSA) is 71.1 Å². The average Bonchev–Trinajstić information content (AvgIpc) is 2.56. The lowest BCUT2D eigenvalue weighted by molar-refractivity contribution is -0.601. The largest absolute Gasteiger partial charge is 0.349 e. The number of carbonyl (C=O) groups is 2. The van der Waals surface area contributed by atoms with Gasteiger partial charge in [-0.25, -0.2) is 9.59 Å². The molecule has 6 nitrogen and oxygen atoms in total. The molecule has 0 aromatic rings. The maximum absolute atomic E-state index is 12.3. The van der Waals surface area contributed by atoms with E-state index in [0.29, 0.717) is 18.3 Å². The molecule has 1 unspecified atom stereocenters. The molecule has 1 atom stereocenters. The van der Waals surface area contributed by atoms with Crippen molar-refractivity contribution < 1.29 is 29.4 Å². The highest BCUT2D eigenvalue weighted by molar-refractivity contribution is 5.72. The van der Waals surface area contributed by atoms with Crippen LogP contribution in [-0.4, -0.2) is 11.9 Å². The molecule has 0 rings (SSSR count). The summed E-state index contributed by atoms with van der Waals surface area (Å²) in [6.07, 6.45) is 8.06. The standard InChI is InChI=1S/C22H42O6/c1-17(2)13-9-8-10-16-20(23)25-27-28-26-21(24)19(22(5,6)7)15-12-11-14-18(3)4/h17-19H,8-16H2,1-7H3. The van der Waals surface area contributed by atoms with Crippen LogP contribution in [0.4, 0.5) is 0 Å². The number of hydrogen-bond acceptors (Lipinski definition) is 6. The predicted molar refractivity (Wildman–Crippen MR) is 109 cm³/mol.